The monoisotopic (exact) mass is 164 g/mol. The Balaban J connectivity index is 3.97. The summed E-state index contributed by atoms with van der Waals surface area (Å²) in [6.07, 6.45) is 0.554. The molecule has 0 spiro atoms. The maximum Gasteiger partial charge on any atom is 0.180 e. The van der Waals surface area contributed by atoms with Gasteiger partial charge in [0.25, 0.3) is 0 Å². The smallest absolute Gasteiger partial charge is 0.180 e. The molecule has 0 aliphatic heterocycles. The van der Waals surface area contributed by atoms with Gasteiger partial charge in [0.05, 0.1) is 0 Å². The lowest BCUT2D eigenvalue weighted by Crippen LogP contribution is -2.15. The van der Waals surface area contributed by atoms with Crippen LogP contribution >= 0.6 is 11.6 Å². The third-order valence-electron chi connectivity index (χ3n) is 1.28. The Morgan fingerprint density at radius 1 is 1.50 bits per heavy atom. The van der Waals surface area contributed by atoms with Crippen molar-refractivity contribution in [2.45, 2.75) is 19.6 Å². The van der Waals surface area contributed by atoms with Gasteiger partial charge in [0.2, 0.25) is 0 Å². The van der Waals surface area contributed by atoms with Crippen LogP contribution in [0.2, 0.25) is 0 Å². The zero-order valence-corrected chi connectivity index (χ0v) is 7.31. The van der Waals surface area contributed by atoms with Crippen molar-refractivity contribution in [1.82, 2.24) is 0 Å². The van der Waals surface area contributed by atoms with Crippen molar-refractivity contribution in [2.24, 2.45) is 0 Å². The third-order valence-corrected chi connectivity index (χ3v) is 1.56. The van der Waals surface area contributed by atoms with E-state index in [1.807, 2.05) is 6.92 Å². The first kappa shape index (κ1) is 9.95. The summed E-state index contributed by atoms with van der Waals surface area (Å²) >= 11 is 5.50. The second kappa shape index (κ2) is 5.71. The lowest BCUT2D eigenvalue weighted by Gasteiger charge is -2.14. The molecule has 0 aliphatic rings. The number of hydrogen-bond acceptors (Lipinski definition) is 2. The second-order valence-electron chi connectivity index (χ2n) is 1.84. The van der Waals surface area contributed by atoms with Crippen LogP contribution in [0.4, 0.5) is 0 Å². The molecule has 0 rings (SSSR count). The van der Waals surface area contributed by atoms with Crippen molar-refractivity contribution < 1.29 is 9.47 Å². The van der Waals surface area contributed by atoms with Crippen LogP contribution in [-0.4, -0.2) is 20.5 Å². The van der Waals surface area contributed by atoms with E-state index in [1.54, 1.807) is 14.2 Å². The third kappa shape index (κ3) is 2.69. The van der Waals surface area contributed by atoms with Gasteiger partial charge in [-0.1, -0.05) is 18.5 Å². The fraction of sp³-hybridized carbons (Fsp3) is 0.714. The van der Waals surface area contributed by atoms with Crippen molar-refractivity contribution in [1.29, 1.82) is 0 Å². The summed E-state index contributed by atoms with van der Waals surface area (Å²) in [7, 11) is 3.18. The average Bonchev–Trinajstić information content (AvgIpc) is 2.00. The zero-order chi connectivity index (χ0) is 7.98. The van der Waals surface area contributed by atoms with Gasteiger partial charge in [0.15, 0.2) is 6.29 Å². The fourth-order valence-electron chi connectivity index (χ4n) is 0.694. The molecule has 0 N–H and O–H groups in total. The highest BCUT2D eigenvalue weighted by molar-refractivity contribution is 6.25. The lowest BCUT2D eigenvalue weighted by molar-refractivity contribution is -0.0761. The predicted molar refractivity (Wildman–Crippen MR) is 42.0 cm³/mol. The molecule has 2 nitrogen and oxygen atoms in total. The maximum absolute atomic E-state index is 5.50. The Kier molecular flexibility index (Phi) is 5.69. The molecule has 0 aliphatic carbocycles. The number of ether oxygens (including phenoxy) is 2. The predicted octanol–water partition coefficient (Wildman–Crippen LogP) is 2.14. The van der Waals surface area contributed by atoms with E-state index in [-0.39, 0.29) is 6.29 Å². The van der Waals surface area contributed by atoms with Gasteiger partial charge in [-0.15, -0.1) is 0 Å². The van der Waals surface area contributed by atoms with Gasteiger partial charge < -0.3 is 9.47 Å². The Morgan fingerprint density at radius 3 is 2.10 bits per heavy atom. The molecule has 60 valence electrons. The highest BCUT2D eigenvalue weighted by atomic mass is 35.5. The van der Waals surface area contributed by atoms with Gasteiger partial charge >= 0.3 is 0 Å². The minimum atomic E-state index is -0.289. The van der Waals surface area contributed by atoms with Gasteiger partial charge in [-0.05, 0) is 12.0 Å². The molecule has 0 amide bonds. The topological polar surface area (TPSA) is 18.5 Å². The Bertz CT molecular complexity index is 108. The van der Waals surface area contributed by atoms with Gasteiger partial charge in [-0.2, -0.15) is 0 Å². The van der Waals surface area contributed by atoms with Crippen molar-refractivity contribution in [3.05, 3.63) is 11.1 Å². The largest absolute Gasteiger partial charge is 0.352 e. The summed E-state index contributed by atoms with van der Waals surface area (Å²) in [5.41, 5.74) is 2.45. The van der Waals surface area contributed by atoms with E-state index in [4.69, 9.17) is 21.1 Å². The van der Waals surface area contributed by atoms with E-state index in [2.05, 4.69) is 0 Å². The highest BCUT2D eigenvalue weighted by Crippen LogP contribution is 2.11. The second-order valence-corrected chi connectivity index (χ2v) is 2.06. The lowest BCUT2D eigenvalue weighted by atomic mass is 10.2. The van der Waals surface area contributed by atoms with Crippen molar-refractivity contribution >= 4 is 11.6 Å². The van der Waals surface area contributed by atoms with E-state index in [0.29, 0.717) is 0 Å². The molecular weight excluding hydrogens is 152 g/mol. The summed E-state index contributed by atoms with van der Waals surface area (Å²) in [4.78, 5) is 0. The van der Waals surface area contributed by atoms with Gasteiger partial charge in [-0.25, -0.2) is 0 Å². The van der Waals surface area contributed by atoms with Crippen LogP contribution in [0.25, 0.3) is 0 Å². The normalized spacial score (nSPS) is 12.7. The van der Waals surface area contributed by atoms with E-state index >= 15 is 0 Å². The quantitative estimate of drug-likeness (QED) is 0.593. The molecule has 0 unspecified atom stereocenters. The van der Waals surface area contributed by atoms with Crippen molar-refractivity contribution in [2.75, 3.05) is 14.2 Å². The van der Waals surface area contributed by atoms with Crippen LogP contribution in [0.5, 0.6) is 0 Å². The maximum atomic E-state index is 5.50. The molecule has 0 atom stereocenters. The first-order chi connectivity index (χ1) is 4.79. The summed E-state index contributed by atoms with van der Waals surface area (Å²) in [6, 6.07) is 0. The molecule has 0 aromatic carbocycles. The zero-order valence-electron chi connectivity index (χ0n) is 6.56. The number of halogens is 1. The summed E-state index contributed by atoms with van der Waals surface area (Å²) < 4.78 is 9.94. The Morgan fingerprint density at radius 2 is 2.00 bits per heavy atom. The van der Waals surface area contributed by atoms with Crippen molar-refractivity contribution in [3.8, 4) is 0 Å². The van der Waals surface area contributed by atoms with Gasteiger partial charge in [0, 0.05) is 19.8 Å². The molecular formula is C7H13ClO2. The molecule has 0 saturated carbocycles. The Labute approximate surface area is 66.8 Å². The van der Waals surface area contributed by atoms with Crippen LogP contribution in [-0.2, 0) is 9.47 Å². The SMILES string of the molecule is CC/C(=C\Cl)C(OC)OC. The van der Waals surface area contributed by atoms with E-state index in [1.165, 1.54) is 5.54 Å². The minimum Gasteiger partial charge on any atom is -0.352 e. The minimum absolute atomic E-state index is 0.289. The molecule has 0 radical (unpaired) electrons. The molecule has 0 heterocycles. The molecule has 0 fully saturated rings. The molecule has 10 heavy (non-hydrogen) atoms. The van der Waals surface area contributed by atoms with E-state index in [0.717, 1.165) is 12.0 Å². The first-order valence-electron chi connectivity index (χ1n) is 3.14. The standard InChI is InChI=1S/C7H13ClO2/c1-4-6(5-8)7(9-2)10-3/h5,7H,4H2,1-3H3/b6-5+. The van der Waals surface area contributed by atoms with Crippen LogP contribution < -0.4 is 0 Å². The van der Waals surface area contributed by atoms with Gasteiger partial charge in [-0.3, -0.25) is 0 Å². The van der Waals surface area contributed by atoms with E-state index < -0.39 is 0 Å². The molecule has 0 aromatic rings. The molecule has 0 aromatic heterocycles. The molecule has 0 saturated heterocycles. The van der Waals surface area contributed by atoms with Crippen LogP contribution in [0.3, 0.4) is 0 Å². The number of rotatable bonds is 4. The summed E-state index contributed by atoms with van der Waals surface area (Å²) in [6.45, 7) is 2.00. The van der Waals surface area contributed by atoms with Crippen LogP contribution in [0.15, 0.2) is 11.1 Å². The number of hydrogen-bond donors (Lipinski definition) is 0. The summed E-state index contributed by atoms with van der Waals surface area (Å²) in [5.74, 6) is 0. The molecule has 0 bridgehead atoms. The van der Waals surface area contributed by atoms with Crippen LogP contribution in [0, 0.1) is 0 Å². The van der Waals surface area contributed by atoms with Crippen LogP contribution in [0.1, 0.15) is 13.3 Å². The first-order valence-corrected chi connectivity index (χ1v) is 3.58. The Hall–Kier alpha value is -0.0500. The number of methoxy groups -OCH3 is 2. The van der Waals surface area contributed by atoms with Gasteiger partial charge in [0.1, 0.15) is 0 Å². The van der Waals surface area contributed by atoms with Crippen molar-refractivity contribution in [3.63, 3.8) is 0 Å². The molecule has 3 heteroatoms. The highest BCUT2D eigenvalue weighted by Gasteiger charge is 2.08. The van der Waals surface area contributed by atoms with E-state index in [9.17, 15) is 0 Å². The average molecular weight is 165 g/mol. The fourth-order valence-corrected chi connectivity index (χ4v) is 0.951. The summed E-state index contributed by atoms with van der Waals surface area (Å²) in [5, 5.41) is 0.